The number of carbonyl (C=O) groups is 2. The third-order valence-electron chi connectivity index (χ3n) is 2.56. The Morgan fingerprint density at radius 2 is 1.69 bits per heavy atom. The third-order valence-corrected chi connectivity index (χ3v) is 2.56. The SMILES string of the molecule is CCC(C)(C(=O)O)N(C)C(=O)OC(C)(C)C. The van der Waals surface area contributed by atoms with Crippen LogP contribution in [0.5, 0.6) is 0 Å². The molecule has 1 N–H and O–H groups in total. The Morgan fingerprint density at radius 3 is 1.94 bits per heavy atom. The molecule has 0 saturated heterocycles. The van der Waals surface area contributed by atoms with Crippen molar-refractivity contribution in [3.8, 4) is 0 Å². The maximum Gasteiger partial charge on any atom is 0.410 e. The molecule has 0 aromatic carbocycles. The van der Waals surface area contributed by atoms with E-state index in [1.807, 2.05) is 0 Å². The molecular formula is C11H21NO4. The molecule has 1 atom stereocenters. The van der Waals surface area contributed by atoms with Crippen molar-refractivity contribution in [3.63, 3.8) is 0 Å². The van der Waals surface area contributed by atoms with Crippen LogP contribution in [0.2, 0.25) is 0 Å². The highest BCUT2D eigenvalue weighted by molar-refractivity contribution is 5.83. The average Bonchev–Trinajstić information content (AvgIpc) is 2.12. The lowest BCUT2D eigenvalue weighted by atomic mass is 9.98. The Bertz CT molecular complexity index is 282. The van der Waals surface area contributed by atoms with Crippen LogP contribution < -0.4 is 0 Å². The van der Waals surface area contributed by atoms with Crippen LogP contribution >= 0.6 is 0 Å². The molecule has 5 heteroatoms. The van der Waals surface area contributed by atoms with E-state index < -0.39 is 23.2 Å². The maximum atomic E-state index is 11.7. The Labute approximate surface area is 96.4 Å². The first-order chi connectivity index (χ1) is 7.04. The number of amides is 1. The number of nitrogens with zero attached hydrogens (tertiary/aromatic N) is 1. The van der Waals surface area contributed by atoms with Crippen molar-refractivity contribution in [2.24, 2.45) is 0 Å². The average molecular weight is 231 g/mol. The monoisotopic (exact) mass is 231 g/mol. The molecular weight excluding hydrogens is 210 g/mol. The molecule has 1 unspecified atom stereocenters. The fourth-order valence-corrected chi connectivity index (χ4v) is 1.06. The Balaban J connectivity index is 4.84. The summed E-state index contributed by atoms with van der Waals surface area (Å²) in [4.78, 5) is 23.9. The highest BCUT2D eigenvalue weighted by Gasteiger charge is 2.40. The Kier molecular flexibility index (Phi) is 4.35. The first kappa shape index (κ1) is 14.7. The highest BCUT2D eigenvalue weighted by atomic mass is 16.6. The van der Waals surface area contributed by atoms with Crippen LogP contribution in [0.15, 0.2) is 0 Å². The van der Waals surface area contributed by atoms with Gasteiger partial charge in [-0.2, -0.15) is 0 Å². The van der Waals surface area contributed by atoms with Gasteiger partial charge in [0.05, 0.1) is 0 Å². The summed E-state index contributed by atoms with van der Waals surface area (Å²) in [5.41, 5.74) is -1.86. The zero-order chi connectivity index (χ0) is 13.1. The molecule has 0 radical (unpaired) electrons. The van der Waals surface area contributed by atoms with E-state index in [1.54, 1.807) is 27.7 Å². The lowest BCUT2D eigenvalue weighted by Crippen LogP contribution is -2.53. The standard InChI is InChI=1S/C11H21NO4/c1-7-11(5,8(13)14)12(6)9(15)16-10(2,3)4/h7H2,1-6H3,(H,13,14). The van der Waals surface area contributed by atoms with Gasteiger partial charge in [0.1, 0.15) is 11.1 Å². The summed E-state index contributed by atoms with van der Waals surface area (Å²) < 4.78 is 5.12. The molecule has 94 valence electrons. The van der Waals surface area contributed by atoms with Crippen LogP contribution in [0.4, 0.5) is 4.79 Å². The number of carbonyl (C=O) groups excluding carboxylic acids is 1. The van der Waals surface area contributed by atoms with Crippen LogP contribution in [0, 0.1) is 0 Å². The summed E-state index contributed by atoms with van der Waals surface area (Å²) >= 11 is 0. The number of carboxylic acid groups (broad SMARTS) is 1. The molecule has 0 saturated carbocycles. The number of aliphatic carboxylic acids is 1. The van der Waals surface area contributed by atoms with Gasteiger partial charge in [-0.3, -0.25) is 4.90 Å². The highest BCUT2D eigenvalue weighted by Crippen LogP contribution is 2.21. The quantitative estimate of drug-likeness (QED) is 0.807. The summed E-state index contributed by atoms with van der Waals surface area (Å²) in [5, 5.41) is 9.10. The number of rotatable bonds is 3. The summed E-state index contributed by atoms with van der Waals surface area (Å²) in [6.07, 6.45) is -0.308. The molecule has 0 aromatic heterocycles. The lowest BCUT2D eigenvalue weighted by Gasteiger charge is -2.35. The first-order valence-corrected chi connectivity index (χ1v) is 5.25. The van der Waals surface area contributed by atoms with Crippen molar-refractivity contribution in [2.75, 3.05) is 7.05 Å². The minimum Gasteiger partial charge on any atom is -0.480 e. The van der Waals surface area contributed by atoms with Crippen LogP contribution in [-0.2, 0) is 9.53 Å². The molecule has 0 spiro atoms. The summed E-state index contributed by atoms with van der Waals surface area (Å²) in [5.74, 6) is -1.04. The smallest absolute Gasteiger partial charge is 0.410 e. The van der Waals surface area contributed by atoms with Crippen molar-refractivity contribution < 1.29 is 19.4 Å². The fourth-order valence-electron chi connectivity index (χ4n) is 1.06. The molecule has 1 amide bonds. The van der Waals surface area contributed by atoms with Gasteiger partial charge in [0.25, 0.3) is 0 Å². The number of hydrogen-bond donors (Lipinski definition) is 1. The number of hydrogen-bond acceptors (Lipinski definition) is 3. The van der Waals surface area contributed by atoms with Gasteiger partial charge in [0.2, 0.25) is 0 Å². The van der Waals surface area contributed by atoms with Crippen LogP contribution in [0.25, 0.3) is 0 Å². The van der Waals surface area contributed by atoms with Gasteiger partial charge < -0.3 is 9.84 Å². The van der Waals surface area contributed by atoms with Crippen LogP contribution in [-0.4, -0.2) is 40.3 Å². The molecule has 0 heterocycles. The molecule has 16 heavy (non-hydrogen) atoms. The van der Waals surface area contributed by atoms with E-state index in [0.717, 1.165) is 4.90 Å². The lowest BCUT2D eigenvalue weighted by molar-refractivity contribution is -0.149. The maximum absolute atomic E-state index is 11.7. The largest absolute Gasteiger partial charge is 0.480 e. The molecule has 5 nitrogen and oxygen atoms in total. The van der Waals surface area contributed by atoms with Crippen molar-refractivity contribution in [2.45, 2.75) is 52.2 Å². The minimum absolute atomic E-state index is 0.318. The van der Waals surface area contributed by atoms with E-state index in [4.69, 9.17) is 9.84 Å². The topological polar surface area (TPSA) is 66.8 Å². The molecule has 0 aliphatic heterocycles. The van der Waals surface area contributed by atoms with E-state index in [-0.39, 0.29) is 0 Å². The summed E-state index contributed by atoms with van der Waals surface area (Å²) in [7, 11) is 1.44. The first-order valence-electron chi connectivity index (χ1n) is 5.25. The van der Waals surface area contributed by atoms with Crippen molar-refractivity contribution in [1.29, 1.82) is 0 Å². The Hall–Kier alpha value is -1.26. The van der Waals surface area contributed by atoms with Crippen molar-refractivity contribution in [1.82, 2.24) is 4.90 Å². The van der Waals surface area contributed by atoms with Crippen LogP contribution in [0.3, 0.4) is 0 Å². The molecule has 0 fully saturated rings. The van der Waals surface area contributed by atoms with Crippen molar-refractivity contribution in [3.05, 3.63) is 0 Å². The molecule has 0 aliphatic rings. The second-order valence-corrected chi connectivity index (χ2v) is 4.97. The number of carboxylic acids is 1. The zero-order valence-corrected chi connectivity index (χ0v) is 10.8. The van der Waals surface area contributed by atoms with E-state index in [2.05, 4.69) is 0 Å². The number of likely N-dealkylation sites (N-methyl/N-ethyl adjacent to an activating group) is 1. The number of ether oxygens (including phenoxy) is 1. The molecule has 0 rings (SSSR count). The zero-order valence-electron chi connectivity index (χ0n) is 10.8. The fraction of sp³-hybridized carbons (Fsp3) is 0.818. The summed E-state index contributed by atoms with van der Waals surface area (Å²) in [6, 6.07) is 0. The van der Waals surface area contributed by atoms with Gasteiger partial charge >= 0.3 is 12.1 Å². The van der Waals surface area contributed by atoms with E-state index >= 15 is 0 Å². The molecule has 0 bridgehead atoms. The van der Waals surface area contributed by atoms with E-state index in [9.17, 15) is 9.59 Å². The van der Waals surface area contributed by atoms with Gasteiger partial charge in [-0.25, -0.2) is 9.59 Å². The van der Waals surface area contributed by atoms with Gasteiger partial charge in [0.15, 0.2) is 0 Å². The molecule has 0 aliphatic carbocycles. The van der Waals surface area contributed by atoms with E-state index in [1.165, 1.54) is 14.0 Å². The van der Waals surface area contributed by atoms with Crippen LogP contribution in [0.1, 0.15) is 41.0 Å². The summed E-state index contributed by atoms with van der Waals surface area (Å²) in [6.45, 7) is 8.43. The van der Waals surface area contributed by atoms with Gasteiger partial charge in [-0.05, 0) is 34.1 Å². The minimum atomic E-state index is -1.23. The second kappa shape index (κ2) is 4.72. The Morgan fingerprint density at radius 1 is 1.25 bits per heavy atom. The third kappa shape index (κ3) is 3.40. The predicted molar refractivity (Wildman–Crippen MR) is 60.3 cm³/mol. The van der Waals surface area contributed by atoms with Gasteiger partial charge in [-0.15, -0.1) is 0 Å². The predicted octanol–water partition coefficient (Wildman–Crippen LogP) is 2.11. The van der Waals surface area contributed by atoms with Crippen molar-refractivity contribution >= 4 is 12.1 Å². The molecule has 0 aromatic rings. The second-order valence-electron chi connectivity index (χ2n) is 4.97. The van der Waals surface area contributed by atoms with E-state index in [0.29, 0.717) is 6.42 Å². The van der Waals surface area contributed by atoms with Gasteiger partial charge in [-0.1, -0.05) is 6.92 Å². The normalized spacial score (nSPS) is 15.1. The van der Waals surface area contributed by atoms with Gasteiger partial charge in [0, 0.05) is 7.05 Å².